The lowest BCUT2D eigenvalue weighted by Gasteiger charge is -1.98. The smallest absolute Gasteiger partial charge is 0.00741 e. The van der Waals surface area contributed by atoms with Gasteiger partial charge < -0.3 is 0 Å². The summed E-state index contributed by atoms with van der Waals surface area (Å²) in [6.07, 6.45) is 4.29. The van der Waals surface area contributed by atoms with E-state index in [1.807, 2.05) is 6.92 Å². The molecule has 58 valence electrons. The van der Waals surface area contributed by atoms with Crippen molar-refractivity contribution >= 4 is 34.2 Å². The van der Waals surface area contributed by atoms with Crippen LogP contribution >= 0.6 is 24.4 Å². The van der Waals surface area contributed by atoms with Crippen molar-refractivity contribution in [2.45, 2.75) is 39.5 Å². The fourth-order valence-corrected chi connectivity index (χ4v) is 1.000. The van der Waals surface area contributed by atoms with Crippen molar-refractivity contribution in [3.05, 3.63) is 0 Å². The van der Waals surface area contributed by atoms with E-state index in [-0.39, 0.29) is 0 Å². The highest BCUT2D eigenvalue weighted by Crippen LogP contribution is 2.02. The summed E-state index contributed by atoms with van der Waals surface area (Å²) >= 11 is 10.0. The average molecular weight is 174 g/mol. The summed E-state index contributed by atoms with van der Waals surface area (Å²) < 4.78 is 0. The van der Waals surface area contributed by atoms with Crippen molar-refractivity contribution in [2.24, 2.45) is 0 Å². The molecule has 0 saturated heterocycles. The standard InChI is InChI=1S/C8H14S2/c1-3-8(10)6-4-5-7(2)9/h3-6H2,1-2H3. The maximum Gasteiger partial charge on any atom is -0.00741 e. The predicted molar refractivity (Wildman–Crippen MR) is 55.0 cm³/mol. The minimum atomic E-state index is 1.03. The maximum atomic E-state index is 5.06. The first-order chi connectivity index (χ1) is 4.66. The predicted octanol–water partition coefficient (Wildman–Crippen LogP) is 3.33. The second kappa shape index (κ2) is 5.93. The van der Waals surface area contributed by atoms with Crippen molar-refractivity contribution < 1.29 is 0 Å². The number of hydrogen-bond donors (Lipinski definition) is 0. The lowest BCUT2D eigenvalue weighted by Crippen LogP contribution is -1.93. The van der Waals surface area contributed by atoms with Gasteiger partial charge in [0.2, 0.25) is 0 Å². The normalized spacial score (nSPS) is 9.40. The molecule has 0 aromatic rings. The summed E-state index contributed by atoms with van der Waals surface area (Å²) in [4.78, 5) is 2.27. The zero-order valence-corrected chi connectivity index (χ0v) is 8.28. The number of hydrogen-bond acceptors (Lipinski definition) is 2. The van der Waals surface area contributed by atoms with E-state index in [1.54, 1.807) is 0 Å². The second-order valence-corrected chi connectivity index (χ2v) is 3.72. The Morgan fingerprint density at radius 3 is 2.20 bits per heavy atom. The first kappa shape index (κ1) is 10.2. The molecule has 2 heteroatoms. The van der Waals surface area contributed by atoms with Gasteiger partial charge in [-0.1, -0.05) is 31.4 Å². The van der Waals surface area contributed by atoms with Gasteiger partial charge in [0, 0.05) is 0 Å². The summed E-state index contributed by atoms with van der Waals surface area (Å²) in [6, 6.07) is 0. The van der Waals surface area contributed by atoms with Crippen LogP contribution < -0.4 is 0 Å². The van der Waals surface area contributed by atoms with E-state index >= 15 is 0 Å². The van der Waals surface area contributed by atoms with Crippen molar-refractivity contribution in [3.63, 3.8) is 0 Å². The van der Waals surface area contributed by atoms with E-state index in [2.05, 4.69) is 6.92 Å². The maximum absolute atomic E-state index is 5.06. The highest BCUT2D eigenvalue weighted by molar-refractivity contribution is 7.80. The first-order valence-corrected chi connectivity index (χ1v) is 4.49. The van der Waals surface area contributed by atoms with E-state index in [0.717, 1.165) is 30.5 Å². The van der Waals surface area contributed by atoms with Crippen LogP contribution in [0.2, 0.25) is 0 Å². The molecule has 0 amide bonds. The van der Waals surface area contributed by atoms with Gasteiger partial charge >= 0.3 is 0 Å². The van der Waals surface area contributed by atoms with E-state index in [9.17, 15) is 0 Å². The molecular formula is C8H14S2. The molecule has 0 aliphatic carbocycles. The molecule has 0 fully saturated rings. The minimum Gasteiger partial charge on any atom is -0.0900 e. The van der Waals surface area contributed by atoms with Crippen LogP contribution in [0.25, 0.3) is 0 Å². The van der Waals surface area contributed by atoms with Gasteiger partial charge in [-0.15, -0.1) is 0 Å². The molecule has 0 aromatic heterocycles. The molecule has 0 radical (unpaired) electrons. The highest BCUT2D eigenvalue weighted by Gasteiger charge is 1.93. The fraction of sp³-hybridized carbons (Fsp3) is 0.750. The Morgan fingerprint density at radius 2 is 1.80 bits per heavy atom. The molecule has 10 heavy (non-hydrogen) atoms. The summed E-state index contributed by atoms with van der Waals surface area (Å²) in [6.45, 7) is 4.09. The topological polar surface area (TPSA) is 0 Å². The summed E-state index contributed by atoms with van der Waals surface area (Å²) in [7, 11) is 0. The Kier molecular flexibility index (Phi) is 6.03. The van der Waals surface area contributed by atoms with Crippen LogP contribution in [-0.2, 0) is 0 Å². The Hall–Kier alpha value is 0.180. The van der Waals surface area contributed by atoms with Gasteiger partial charge in [-0.3, -0.25) is 0 Å². The monoisotopic (exact) mass is 174 g/mol. The molecule has 0 N–H and O–H groups in total. The molecule has 0 aliphatic heterocycles. The molecule has 0 saturated carbocycles. The molecule has 0 bridgehead atoms. The van der Waals surface area contributed by atoms with Crippen LogP contribution in [0.3, 0.4) is 0 Å². The zero-order valence-electron chi connectivity index (χ0n) is 6.64. The highest BCUT2D eigenvalue weighted by atomic mass is 32.1. The Morgan fingerprint density at radius 1 is 1.20 bits per heavy atom. The van der Waals surface area contributed by atoms with Crippen LogP contribution in [0.5, 0.6) is 0 Å². The molecule has 0 unspecified atom stereocenters. The SMILES string of the molecule is CCC(=S)CCCC(C)=S. The third kappa shape index (κ3) is 6.30. The van der Waals surface area contributed by atoms with Gasteiger partial charge in [-0.05, 0) is 42.3 Å². The molecule has 0 heterocycles. The zero-order chi connectivity index (χ0) is 7.98. The van der Waals surface area contributed by atoms with Crippen LogP contribution in [0.1, 0.15) is 39.5 Å². The Balaban J connectivity index is 3.20. The fourth-order valence-electron chi connectivity index (χ4n) is 0.711. The van der Waals surface area contributed by atoms with Crippen LogP contribution in [0, 0.1) is 0 Å². The lowest BCUT2D eigenvalue weighted by molar-refractivity contribution is 0.922. The van der Waals surface area contributed by atoms with Crippen LogP contribution in [0.15, 0.2) is 0 Å². The van der Waals surface area contributed by atoms with Gasteiger partial charge in [-0.2, -0.15) is 0 Å². The van der Waals surface area contributed by atoms with Gasteiger partial charge in [0.15, 0.2) is 0 Å². The van der Waals surface area contributed by atoms with E-state index < -0.39 is 0 Å². The van der Waals surface area contributed by atoms with Gasteiger partial charge in [0.1, 0.15) is 0 Å². The van der Waals surface area contributed by atoms with Gasteiger partial charge in [-0.25, -0.2) is 0 Å². The quantitative estimate of drug-likeness (QED) is 0.586. The second-order valence-electron chi connectivity index (χ2n) is 2.45. The van der Waals surface area contributed by atoms with Crippen molar-refractivity contribution in [1.82, 2.24) is 0 Å². The third-order valence-electron chi connectivity index (χ3n) is 1.38. The van der Waals surface area contributed by atoms with Crippen molar-refractivity contribution in [3.8, 4) is 0 Å². The molecule has 0 rings (SSSR count). The summed E-state index contributed by atoms with van der Waals surface area (Å²) in [5, 5.41) is 0. The first-order valence-electron chi connectivity index (χ1n) is 3.68. The van der Waals surface area contributed by atoms with Gasteiger partial charge in [0.05, 0.1) is 0 Å². The largest absolute Gasteiger partial charge is 0.0900 e. The number of thiocarbonyl (C=S) groups is 2. The summed E-state index contributed by atoms with van der Waals surface area (Å²) in [5.74, 6) is 0. The number of rotatable bonds is 5. The molecule has 0 aromatic carbocycles. The van der Waals surface area contributed by atoms with Crippen LogP contribution in [0.4, 0.5) is 0 Å². The average Bonchev–Trinajstić information content (AvgIpc) is 1.87. The van der Waals surface area contributed by atoms with E-state index in [1.165, 1.54) is 4.86 Å². The third-order valence-corrected chi connectivity index (χ3v) is 2.08. The minimum absolute atomic E-state index is 1.03. The lowest BCUT2D eigenvalue weighted by atomic mass is 10.1. The Labute approximate surface area is 74.0 Å². The Bertz CT molecular complexity index is 127. The van der Waals surface area contributed by atoms with Crippen LogP contribution in [-0.4, -0.2) is 9.73 Å². The van der Waals surface area contributed by atoms with E-state index in [4.69, 9.17) is 24.4 Å². The summed E-state index contributed by atoms with van der Waals surface area (Å²) in [5.41, 5.74) is 0. The molecule has 0 atom stereocenters. The molecule has 0 nitrogen and oxygen atoms in total. The van der Waals surface area contributed by atoms with Crippen molar-refractivity contribution in [1.29, 1.82) is 0 Å². The molecule has 0 aliphatic rings. The molecule has 0 spiro atoms. The molecular weight excluding hydrogens is 160 g/mol. The van der Waals surface area contributed by atoms with Gasteiger partial charge in [0.25, 0.3) is 0 Å². The van der Waals surface area contributed by atoms with E-state index in [0.29, 0.717) is 0 Å². The van der Waals surface area contributed by atoms with Crippen molar-refractivity contribution in [2.75, 3.05) is 0 Å².